The van der Waals surface area contributed by atoms with E-state index in [0.29, 0.717) is 0 Å². The number of nitrogens with one attached hydrogen (secondary N) is 2. The number of hydrogen-bond acceptors (Lipinski definition) is 21. The second kappa shape index (κ2) is 18.0. The van der Waals surface area contributed by atoms with Gasteiger partial charge >= 0.3 is 0 Å². The van der Waals surface area contributed by atoms with Crippen LogP contribution in [0, 0.1) is 0 Å². The lowest BCUT2D eigenvalue weighted by molar-refractivity contribution is -0.375. The summed E-state index contributed by atoms with van der Waals surface area (Å²) in [5, 5.41) is 130. The van der Waals surface area contributed by atoms with Crippen molar-refractivity contribution in [1.82, 2.24) is 10.6 Å². The fourth-order valence-electron chi connectivity index (χ4n) is 6.34. The zero-order chi connectivity index (χ0) is 37.9. The summed E-state index contributed by atoms with van der Waals surface area (Å²) in [6.45, 7) is -1.33. The molecule has 0 spiro atoms. The summed E-state index contributed by atoms with van der Waals surface area (Å²) >= 11 is 0. The molecule has 14 N–H and O–H groups in total. The minimum atomic E-state index is -2.07. The van der Waals surface area contributed by atoms with Gasteiger partial charge in [0, 0.05) is 13.8 Å². The molecule has 2 amide bonds. The van der Waals surface area contributed by atoms with Crippen molar-refractivity contribution in [3.8, 4) is 0 Å². The number of aliphatic hydroxyl groups is 12. The second-order valence-corrected chi connectivity index (χ2v) is 12.6. The van der Waals surface area contributed by atoms with E-state index in [4.69, 9.17) is 33.2 Å². The third kappa shape index (κ3) is 9.11. The van der Waals surface area contributed by atoms with E-state index in [2.05, 4.69) is 10.6 Å². The minimum absolute atomic E-state index is 0.705. The fraction of sp³-hybridized carbons (Fsp3) is 0.929. The maximum Gasteiger partial charge on any atom is 0.217 e. The maximum atomic E-state index is 12.3. The molecule has 4 fully saturated rings. The molecule has 0 radical (unpaired) electrons. The summed E-state index contributed by atoms with van der Waals surface area (Å²) in [5.41, 5.74) is 0. The van der Waals surface area contributed by atoms with Gasteiger partial charge in [-0.25, -0.2) is 0 Å². The first-order valence-electron chi connectivity index (χ1n) is 16.1. The van der Waals surface area contributed by atoms with Gasteiger partial charge in [-0.1, -0.05) is 0 Å². The fourth-order valence-corrected chi connectivity index (χ4v) is 6.34. The van der Waals surface area contributed by atoms with Crippen LogP contribution in [-0.4, -0.2) is 222 Å². The first-order valence-corrected chi connectivity index (χ1v) is 16.1. The highest BCUT2D eigenvalue weighted by molar-refractivity contribution is 5.73. The van der Waals surface area contributed by atoms with E-state index < -0.39 is 161 Å². The highest BCUT2D eigenvalue weighted by Gasteiger charge is 2.56. The summed E-state index contributed by atoms with van der Waals surface area (Å²) in [6.07, 6.45) is -31.9. The Labute approximate surface area is 289 Å². The van der Waals surface area contributed by atoms with Crippen molar-refractivity contribution in [1.29, 1.82) is 0 Å². The third-order valence-electron chi connectivity index (χ3n) is 9.01. The Hall–Kier alpha value is -1.82. The number of ether oxygens (including phenoxy) is 7. The molecule has 23 heteroatoms. The summed E-state index contributed by atoms with van der Waals surface area (Å²) in [7, 11) is 0. The lowest BCUT2D eigenvalue weighted by Gasteiger charge is -2.50. The number of carbonyl (C=O) groups excluding carboxylic acids is 2. The zero-order valence-electron chi connectivity index (χ0n) is 27.4. The van der Waals surface area contributed by atoms with Crippen molar-refractivity contribution >= 4 is 11.8 Å². The average Bonchev–Trinajstić information content (AvgIpc) is 3.08. The molecule has 296 valence electrons. The summed E-state index contributed by atoms with van der Waals surface area (Å²) in [5.74, 6) is -1.47. The van der Waals surface area contributed by atoms with Crippen LogP contribution in [0.2, 0.25) is 0 Å². The number of amides is 2. The molecule has 0 unspecified atom stereocenters. The van der Waals surface area contributed by atoms with Crippen molar-refractivity contribution in [3.63, 3.8) is 0 Å². The molecule has 51 heavy (non-hydrogen) atoms. The van der Waals surface area contributed by atoms with E-state index in [9.17, 15) is 70.9 Å². The van der Waals surface area contributed by atoms with Gasteiger partial charge in [-0.05, 0) is 0 Å². The van der Waals surface area contributed by atoms with Crippen LogP contribution in [0.15, 0.2) is 0 Å². The van der Waals surface area contributed by atoms with Crippen LogP contribution in [0.5, 0.6) is 0 Å². The number of rotatable bonds is 12. The van der Waals surface area contributed by atoms with Crippen LogP contribution in [0.1, 0.15) is 13.8 Å². The van der Waals surface area contributed by atoms with E-state index in [0.717, 1.165) is 13.8 Å². The Kier molecular flexibility index (Phi) is 14.8. The van der Waals surface area contributed by atoms with Gasteiger partial charge in [-0.15, -0.1) is 0 Å². The normalized spacial score (nSPS) is 47.8. The standard InChI is InChI=1S/C28H48N2O21/c1-7(35)29-13-19(41)15(37)9(3-31)46-26(13)51-24-18(40)12(6-34)48-28(21(24)43)49-22-14(30-8(2)36)27(47-11(5-33)16(22)38)50-23-17(39)10(4-32)45-25(44)20(23)42/h9-28,31-34,37-44H,3-6H2,1-2H3,(H,29,35)(H,30,36)/t9-,10-,11-,12-,13-,14-,15-,16-,17+,18+,19-,20-,21-,22-,23+,24+,25-,26+,27+,28+/m1/s1. The predicted molar refractivity (Wildman–Crippen MR) is 157 cm³/mol. The second-order valence-electron chi connectivity index (χ2n) is 12.6. The summed E-state index contributed by atoms with van der Waals surface area (Å²) in [4.78, 5) is 24.2. The molecule has 0 saturated carbocycles. The Morgan fingerprint density at radius 2 is 0.843 bits per heavy atom. The van der Waals surface area contributed by atoms with Crippen LogP contribution in [0.4, 0.5) is 0 Å². The van der Waals surface area contributed by atoms with E-state index >= 15 is 0 Å². The highest BCUT2D eigenvalue weighted by Crippen LogP contribution is 2.34. The van der Waals surface area contributed by atoms with Crippen molar-refractivity contribution in [2.75, 3.05) is 26.4 Å². The first-order chi connectivity index (χ1) is 24.1. The topological polar surface area (TPSA) is 366 Å². The molecular formula is C28H48N2O21. The van der Waals surface area contributed by atoms with E-state index in [-0.39, 0.29) is 0 Å². The van der Waals surface area contributed by atoms with Crippen LogP contribution in [-0.2, 0) is 42.7 Å². The summed E-state index contributed by atoms with van der Waals surface area (Å²) < 4.78 is 39.1. The third-order valence-corrected chi connectivity index (χ3v) is 9.01. The van der Waals surface area contributed by atoms with Crippen molar-refractivity contribution in [2.24, 2.45) is 0 Å². The largest absolute Gasteiger partial charge is 0.394 e. The maximum absolute atomic E-state index is 12.3. The molecule has 0 aromatic heterocycles. The van der Waals surface area contributed by atoms with Crippen LogP contribution in [0.3, 0.4) is 0 Å². The Morgan fingerprint density at radius 1 is 0.471 bits per heavy atom. The monoisotopic (exact) mass is 748 g/mol. The van der Waals surface area contributed by atoms with Crippen LogP contribution in [0.25, 0.3) is 0 Å². The molecule has 0 aliphatic carbocycles. The Balaban J connectivity index is 1.63. The average molecular weight is 749 g/mol. The van der Waals surface area contributed by atoms with Crippen molar-refractivity contribution in [2.45, 2.75) is 137 Å². The first kappa shape index (κ1) is 41.9. The number of hydrogen-bond donors (Lipinski definition) is 14. The molecule has 4 saturated heterocycles. The summed E-state index contributed by atoms with van der Waals surface area (Å²) in [6, 6.07) is -3.13. The van der Waals surface area contributed by atoms with Crippen molar-refractivity contribution in [3.05, 3.63) is 0 Å². The molecule has 4 aliphatic rings. The molecule has 4 rings (SSSR count). The van der Waals surface area contributed by atoms with Gasteiger partial charge in [0.25, 0.3) is 0 Å². The van der Waals surface area contributed by atoms with E-state index in [1.54, 1.807) is 0 Å². The van der Waals surface area contributed by atoms with Gasteiger partial charge in [0.05, 0.1) is 26.4 Å². The van der Waals surface area contributed by atoms with Gasteiger partial charge in [-0.2, -0.15) is 0 Å². The smallest absolute Gasteiger partial charge is 0.217 e. The molecule has 4 aliphatic heterocycles. The SMILES string of the molecule is CC(=O)N[C@H]1[C@H](O[C@H]2[C@@H](O)[C@@H](CO)O[C@@H](O[C@H]3[C@H](O)[C@@H](CO)O[C@@H](O[C@@H]4[C@@H](O)[C@H](O)O[C@H](CO)[C@@H]4O)[C@@H]3NC(C)=O)[C@@H]2O)O[C@H](CO)[C@@H](O)[C@@H]1O. The Bertz CT molecular complexity index is 1140. The molecule has 23 nitrogen and oxygen atoms in total. The van der Waals surface area contributed by atoms with Crippen molar-refractivity contribution < 1.29 is 104 Å². The molecule has 0 aromatic rings. The lowest BCUT2D eigenvalue weighted by Crippen LogP contribution is -2.70. The minimum Gasteiger partial charge on any atom is -0.394 e. The number of carbonyl (C=O) groups is 2. The van der Waals surface area contributed by atoms with Gasteiger partial charge in [-0.3, -0.25) is 9.59 Å². The molecule has 0 aromatic carbocycles. The van der Waals surface area contributed by atoms with Gasteiger partial charge in [0.15, 0.2) is 25.2 Å². The van der Waals surface area contributed by atoms with E-state index in [1.807, 2.05) is 0 Å². The van der Waals surface area contributed by atoms with Gasteiger partial charge < -0.3 is 105 Å². The van der Waals surface area contributed by atoms with E-state index in [1.165, 1.54) is 0 Å². The highest BCUT2D eigenvalue weighted by atomic mass is 16.8. The molecule has 20 atom stereocenters. The Morgan fingerprint density at radius 3 is 1.33 bits per heavy atom. The van der Waals surface area contributed by atoms with Gasteiger partial charge in [0.1, 0.15) is 97.5 Å². The molecule has 4 heterocycles. The lowest BCUT2D eigenvalue weighted by atomic mass is 9.94. The number of aliphatic hydroxyl groups excluding tert-OH is 12. The molecule has 0 bridgehead atoms. The quantitative estimate of drug-likeness (QED) is 0.0881. The van der Waals surface area contributed by atoms with Gasteiger partial charge in [0.2, 0.25) is 11.8 Å². The predicted octanol–water partition coefficient (Wildman–Crippen LogP) is -9.46. The molecular weight excluding hydrogens is 700 g/mol. The zero-order valence-corrected chi connectivity index (χ0v) is 27.4. The van der Waals surface area contributed by atoms with Crippen LogP contribution < -0.4 is 10.6 Å². The van der Waals surface area contributed by atoms with Crippen LogP contribution >= 0.6 is 0 Å².